The van der Waals surface area contributed by atoms with Gasteiger partial charge in [-0.1, -0.05) is 6.07 Å². The van der Waals surface area contributed by atoms with Gasteiger partial charge < -0.3 is 14.8 Å². The second kappa shape index (κ2) is 9.06. The molecule has 1 aliphatic carbocycles. The van der Waals surface area contributed by atoms with Crippen LogP contribution in [0.3, 0.4) is 0 Å². The van der Waals surface area contributed by atoms with Crippen molar-refractivity contribution in [1.82, 2.24) is 20.5 Å². The Bertz CT molecular complexity index is 1540. The molecule has 2 aromatic heterocycles. The summed E-state index contributed by atoms with van der Waals surface area (Å²) >= 11 is 0. The number of nitrogens with zero attached hydrogens (tertiary/aromatic N) is 2. The summed E-state index contributed by atoms with van der Waals surface area (Å²) in [6.07, 6.45) is 5.73. The van der Waals surface area contributed by atoms with Gasteiger partial charge in [-0.25, -0.2) is 0 Å². The number of H-pyrrole nitrogens is 1. The number of amides is 1. The lowest BCUT2D eigenvalue weighted by Crippen LogP contribution is -2.46. The average Bonchev–Trinajstić information content (AvgIpc) is 3.70. The van der Waals surface area contributed by atoms with E-state index in [9.17, 15) is 9.59 Å². The Labute approximate surface area is 219 Å². The molecule has 0 bridgehead atoms. The van der Waals surface area contributed by atoms with Crippen LogP contribution in [0.2, 0.25) is 0 Å². The molecular weight excluding hydrogens is 480 g/mol. The Morgan fingerprint density at radius 1 is 1.08 bits per heavy atom. The van der Waals surface area contributed by atoms with Crippen LogP contribution in [0.5, 0.6) is 5.75 Å². The number of carbonyl (C=O) groups excluding carboxylic acids is 2. The van der Waals surface area contributed by atoms with Gasteiger partial charge in [-0.15, -0.1) is 0 Å². The van der Waals surface area contributed by atoms with Crippen LogP contribution in [-0.2, 0) is 4.74 Å². The molecule has 1 spiro atoms. The first-order chi connectivity index (χ1) is 18.6. The fourth-order valence-electron chi connectivity index (χ4n) is 5.69. The number of ether oxygens (including phenoxy) is 2. The molecular formula is C30H28N4O4. The highest BCUT2D eigenvalue weighted by Crippen LogP contribution is 2.42. The van der Waals surface area contributed by atoms with E-state index >= 15 is 0 Å². The van der Waals surface area contributed by atoms with E-state index in [2.05, 4.69) is 20.5 Å². The van der Waals surface area contributed by atoms with Crippen molar-refractivity contribution < 1.29 is 19.1 Å². The molecule has 0 unspecified atom stereocenters. The van der Waals surface area contributed by atoms with Gasteiger partial charge in [0.2, 0.25) is 0 Å². The molecule has 2 fully saturated rings. The minimum atomic E-state index is -0.460. The van der Waals surface area contributed by atoms with Crippen LogP contribution in [0.25, 0.3) is 22.2 Å². The molecule has 1 saturated heterocycles. The van der Waals surface area contributed by atoms with Gasteiger partial charge in [-0.2, -0.15) is 5.10 Å². The maximum absolute atomic E-state index is 13.3. The van der Waals surface area contributed by atoms with Gasteiger partial charge in [0.1, 0.15) is 11.4 Å². The van der Waals surface area contributed by atoms with Gasteiger partial charge >= 0.3 is 0 Å². The van der Waals surface area contributed by atoms with Gasteiger partial charge in [0.05, 0.1) is 48.1 Å². The molecule has 38 heavy (non-hydrogen) atoms. The number of aromatic amines is 1. The van der Waals surface area contributed by atoms with E-state index in [-0.39, 0.29) is 17.7 Å². The summed E-state index contributed by atoms with van der Waals surface area (Å²) < 4.78 is 11.8. The second-order valence-electron chi connectivity index (χ2n) is 10.6. The minimum Gasteiger partial charge on any atom is -0.486 e. The third-order valence-corrected chi connectivity index (χ3v) is 7.98. The Morgan fingerprint density at radius 2 is 1.95 bits per heavy atom. The number of hydrogen-bond acceptors (Lipinski definition) is 6. The van der Waals surface area contributed by atoms with Crippen molar-refractivity contribution in [1.29, 1.82) is 0 Å². The van der Waals surface area contributed by atoms with Crippen LogP contribution < -0.4 is 10.1 Å². The summed E-state index contributed by atoms with van der Waals surface area (Å²) in [5.74, 6) is 0.970. The van der Waals surface area contributed by atoms with Gasteiger partial charge in [0, 0.05) is 35.6 Å². The van der Waals surface area contributed by atoms with Crippen LogP contribution in [0, 0.1) is 5.92 Å². The van der Waals surface area contributed by atoms with Crippen molar-refractivity contribution in [3.63, 3.8) is 0 Å². The van der Waals surface area contributed by atoms with Crippen molar-refractivity contribution in [3.8, 4) is 17.0 Å². The number of fused-ring (bicyclic) bond motifs is 2. The Balaban J connectivity index is 1.18. The number of Topliss-reactive ketones (excluding diaryl/α,β-unsaturated/α-hetero) is 1. The number of pyridine rings is 1. The van der Waals surface area contributed by atoms with Crippen molar-refractivity contribution >= 4 is 22.6 Å². The third-order valence-electron chi connectivity index (χ3n) is 7.98. The highest BCUT2D eigenvalue weighted by atomic mass is 16.5. The molecule has 2 aliphatic heterocycles. The lowest BCUT2D eigenvalue weighted by molar-refractivity contribution is -0.0504. The number of rotatable bonds is 5. The zero-order valence-corrected chi connectivity index (χ0v) is 20.9. The summed E-state index contributed by atoms with van der Waals surface area (Å²) in [5, 5.41) is 11.6. The topological polar surface area (TPSA) is 106 Å². The van der Waals surface area contributed by atoms with E-state index in [1.54, 1.807) is 12.3 Å². The predicted molar refractivity (Wildman–Crippen MR) is 141 cm³/mol. The predicted octanol–water partition coefficient (Wildman–Crippen LogP) is 5.02. The summed E-state index contributed by atoms with van der Waals surface area (Å²) in [5.41, 5.74) is 3.88. The molecule has 7 rings (SSSR count). The van der Waals surface area contributed by atoms with E-state index in [0.29, 0.717) is 48.1 Å². The number of nitrogens with one attached hydrogen (secondary N) is 2. The Hall–Kier alpha value is -4.04. The highest BCUT2D eigenvalue weighted by molar-refractivity contribution is 6.04. The zero-order chi connectivity index (χ0) is 25.7. The first kappa shape index (κ1) is 23.1. The van der Waals surface area contributed by atoms with Gasteiger partial charge in [0.15, 0.2) is 5.78 Å². The lowest BCUT2D eigenvalue weighted by Gasteiger charge is -2.40. The molecule has 2 N–H and O–H groups in total. The standard InChI is InChI=1S/C30H28N4O4/c35-25-17-30(10-13-37-14-11-30)38-26-9-7-19(15-22(25)26)27-21-16-20(6-8-23(21)33-34-27)29(36)32-28(18-4-5-18)24-3-1-2-12-31-24/h1-3,6-9,12,15-16,18,28H,4-5,10-11,13-14,17H2,(H,32,36)(H,33,34)/t28-/m0/s1. The lowest BCUT2D eigenvalue weighted by atomic mass is 9.83. The number of carbonyl (C=O) groups is 2. The van der Waals surface area contributed by atoms with E-state index < -0.39 is 5.60 Å². The number of aromatic nitrogens is 3. The van der Waals surface area contributed by atoms with Gasteiger partial charge in [-0.05, 0) is 67.3 Å². The Kier molecular flexibility index (Phi) is 5.51. The van der Waals surface area contributed by atoms with E-state index in [1.807, 2.05) is 48.5 Å². The van der Waals surface area contributed by atoms with Gasteiger partial charge in [-0.3, -0.25) is 19.7 Å². The molecule has 1 atom stereocenters. The largest absolute Gasteiger partial charge is 0.486 e. The zero-order valence-electron chi connectivity index (χ0n) is 20.9. The maximum atomic E-state index is 13.3. The molecule has 4 aromatic rings. The van der Waals surface area contributed by atoms with Crippen molar-refractivity contribution in [2.45, 2.75) is 43.7 Å². The van der Waals surface area contributed by atoms with E-state index in [4.69, 9.17) is 9.47 Å². The smallest absolute Gasteiger partial charge is 0.251 e. The van der Waals surface area contributed by atoms with E-state index in [0.717, 1.165) is 47.8 Å². The van der Waals surface area contributed by atoms with Crippen LogP contribution >= 0.6 is 0 Å². The number of ketones is 1. The molecule has 8 nitrogen and oxygen atoms in total. The molecule has 4 heterocycles. The van der Waals surface area contributed by atoms with Crippen molar-refractivity contribution in [3.05, 3.63) is 77.6 Å². The first-order valence-electron chi connectivity index (χ1n) is 13.2. The summed E-state index contributed by atoms with van der Waals surface area (Å²) in [6, 6.07) is 16.9. The number of hydrogen-bond donors (Lipinski definition) is 2. The monoisotopic (exact) mass is 508 g/mol. The molecule has 2 aromatic carbocycles. The first-order valence-corrected chi connectivity index (χ1v) is 13.2. The average molecular weight is 509 g/mol. The van der Waals surface area contributed by atoms with Crippen LogP contribution in [-0.4, -0.2) is 45.7 Å². The normalized spacial score (nSPS) is 19.1. The fourth-order valence-corrected chi connectivity index (χ4v) is 5.69. The third kappa shape index (κ3) is 4.15. The molecule has 3 aliphatic rings. The van der Waals surface area contributed by atoms with Crippen LogP contribution in [0.4, 0.5) is 0 Å². The number of benzene rings is 2. The molecule has 1 amide bonds. The quantitative estimate of drug-likeness (QED) is 0.392. The van der Waals surface area contributed by atoms with Crippen LogP contribution in [0.15, 0.2) is 60.8 Å². The molecule has 1 saturated carbocycles. The second-order valence-corrected chi connectivity index (χ2v) is 10.6. The van der Waals surface area contributed by atoms with E-state index in [1.165, 1.54) is 0 Å². The SMILES string of the molecule is O=C(N[C@H](c1ccccn1)C1CC1)c1ccc2[nH]nc(-c3ccc4c(c3)C(=O)CC3(CCOCC3)O4)c2c1. The summed E-state index contributed by atoms with van der Waals surface area (Å²) in [6.45, 7) is 1.22. The highest BCUT2D eigenvalue weighted by Gasteiger charge is 2.42. The molecule has 0 radical (unpaired) electrons. The fraction of sp³-hybridized carbons (Fsp3) is 0.333. The summed E-state index contributed by atoms with van der Waals surface area (Å²) in [4.78, 5) is 31.0. The minimum absolute atomic E-state index is 0.0792. The van der Waals surface area contributed by atoms with Gasteiger partial charge in [0.25, 0.3) is 5.91 Å². The van der Waals surface area contributed by atoms with Crippen molar-refractivity contribution in [2.24, 2.45) is 5.92 Å². The van der Waals surface area contributed by atoms with Crippen LogP contribution in [0.1, 0.15) is 64.6 Å². The summed E-state index contributed by atoms with van der Waals surface area (Å²) in [7, 11) is 0. The van der Waals surface area contributed by atoms with Crippen molar-refractivity contribution in [2.75, 3.05) is 13.2 Å². The molecule has 8 heteroatoms. The maximum Gasteiger partial charge on any atom is 0.251 e. The Morgan fingerprint density at radius 3 is 2.74 bits per heavy atom. The molecule has 192 valence electrons.